The van der Waals surface area contributed by atoms with Gasteiger partial charge in [0, 0.05) is 18.7 Å². The molecule has 2 aromatic carbocycles. The van der Waals surface area contributed by atoms with Crippen LogP contribution in [0.1, 0.15) is 41.1 Å². The second kappa shape index (κ2) is 8.99. The number of esters is 1. The quantitative estimate of drug-likeness (QED) is 0.539. The van der Waals surface area contributed by atoms with Crippen LogP contribution in [0.4, 0.5) is 0 Å². The number of nitrogens with zero attached hydrogens (tertiary/aromatic N) is 3. The van der Waals surface area contributed by atoms with Crippen molar-refractivity contribution in [3.05, 3.63) is 65.5 Å². The minimum atomic E-state index is -3.66. The molecule has 0 aliphatic carbocycles. The second-order valence-corrected chi connectivity index (χ2v) is 9.29. The molecule has 0 amide bonds. The zero-order valence-electron chi connectivity index (χ0n) is 17.2. The van der Waals surface area contributed by atoms with Crippen molar-refractivity contribution in [2.75, 3.05) is 13.1 Å². The van der Waals surface area contributed by atoms with Crippen LogP contribution in [-0.2, 0) is 21.4 Å². The van der Waals surface area contributed by atoms with Gasteiger partial charge in [-0.25, -0.2) is 13.2 Å². The van der Waals surface area contributed by atoms with Gasteiger partial charge in [0.25, 0.3) is 5.89 Å². The molecule has 0 saturated carbocycles. The first-order valence-corrected chi connectivity index (χ1v) is 11.5. The summed E-state index contributed by atoms with van der Waals surface area (Å²) in [6, 6.07) is 13.8. The van der Waals surface area contributed by atoms with E-state index in [2.05, 4.69) is 10.2 Å². The van der Waals surface area contributed by atoms with Crippen molar-refractivity contribution in [1.82, 2.24) is 14.5 Å². The molecule has 9 heteroatoms. The minimum absolute atomic E-state index is 0.132. The van der Waals surface area contributed by atoms with E-state index in [1.807, 2.05) is 30.3 Å². The Hall–Kier alpha value is -3.04. The fourth-order valence-electron chi connectivity index (χ4n) is 3.47. The number of aromatic nitrogens is 2. The third-order valence-corrected chi connectivity index (χ3v) is 7.21. The van der Waals surface area contributed by atoms with E-state index in [0.717, 1.165) is 24.8 Å². The van der Waals surface area contributed by atoms with E-state index in [1.165, 1.54) is 10.4 Å². The number of hydrogen-bond donors (Lipinski definition) is 0. The standard InChI is InChI=1S/C22H23N3O5S/c1-16-10-11-18(14-19(16)31(27,28)25-12-6-3-7-13-25)22(26)29-15-20-23-24-21(30-20)17-8-4-2-5-9-17/h2,4-5,8-11,14H,3,6-7,12-13,15H2,1H3. The molecule has 0 atom stereocenters. The minimum Gasteiger partial charge on any atom is -0.452 e. The maximum atomic E-state index is 13.0. The van der Waals surface area contributed by atoms with E-state index in [9.17, 15) is 13.2 Å². The molecule has 0 unspecified atom stereocenters. The van der Waals surface area contributed by atoms with Crippen LogP contribution < -0.4 is 0 Å². The van der Waals surface area contributed by atoms with Gasteiger partial charge in [-0.05, 0) is 49.6 Å². The molecule has 1 aromatic heterocycles. The molecule has 31 heavy (non-hydrogen) atoms. The van der Waals surface area contributed by atoms with Gasteiger partial charge in [-0.1, -0.05) is 30.7 Å². The highest BCUT2D eigenvalue weighted by atomic mass is 32.2. The van der Waals surface area contributed by atoms with Crippen LogP contribution >= 0.6 is 0 Å². The van der Waals surface area contributed by atoms with Gasteiger partial charge in [-0.15, -0.1) is 10.2 Å². The van der Waals surface area contributed by atoms with E-state index >= 15 is 0 Å². The fourth-order valence-corrected chi connectivity index (χ4v) is 5.24. The molecule has 1 fully saturated rings. The number of benzene rings is 2. The Morgan fingerprint density at radius 3 is 2.55 bits per heavy atom. The maximum Gasteiger partial charge on any atom is 0.338 e. The first-order chi connectivity index (χ1) is 14.9. The summed E-state index contributed by atoms with van der Waals surface area (Å²) in [7, 11) is -3.66. The van der Waals surface area contributed by atoms with Crippen LogP contribution in [0.15, 0.2) is 57.8 Å². The highest BCUT2D eigenvalue weighted by Crippen LogP contribution is 2.25. The average molecular weight is 442 g/mol. The fraction of sp³-hybridized carbons (Fsp3) is 0.318. The molecule has 0 bridgehead atoms. The molecular weight excluding hydrogens is 418 g/mol. The molecule has 1 aliphatic heterocycles. The van der Waals surface area contributed by atoms with E-state index in [4.69, 9.17) is 9.15 Å². The predicted molar refractivity (Wildman–Crippen MR) is 113 cm³/mol. The summed E-state index contributed by atoms with van der Waals surface area (Å²) in [6.45, 7) is 2.50. The van der Waals surface area contributed by atoms with Gasteiger partial charge in [0.1, 0.15) is 0 Å². The van der Waals surface area contributed by atoms with Crippen LogP contribution in [0.2, 0.25) is 0 Å². The Morgan fingerprint density at radius 2 is 1.81 bits per heavy atom. The molecule has 1 saturated heterocycles. The predicted octanol–water partition coefficient (Wildman–Crippen LogP) is 3.58. The molecule has 2 heterocycles. The Kier molecular flexibility index (Phi) is 6.15. The third kappa shape index (κ3) is 4.67. The molecular formula is C22H23N3O5S. The van der Waals surface area contributed by atoms with Crippen molar-refractivity contribution >= 4 is 16.0 Å². The van der Waals surface area contributed by atoms with Gasteiger partial charge >= 0.3 is 5.97 Å². The summed E-state index contributed by atoms with van der Waals surface area (Å²) in [6.07, 6.45) is 2.71. The van der Waals surface area contributed by atoms with E-state index in [1.54, 1.807) is 19.1 Å². The van der Waals surface area contributed by atoms with Crippen molar-refractivity contribution in [2.24, 2.45) is 0 Å². The van der Waals surface area contributed by atoms with Gasteiger partial charge < -0.3 is 9.15 Å². The maximum absolute atomic E-state index is 13.0. The summed E-state index contributed by atoms with van der Waals surface area (Å²) < 4.78 is 38.4. The Labute approximate surface area is 180 Å². The van der Waals surface area contributed by atoms with E-state index in [-0.39, 0.29) is 23.0 Å². The van der Waals surface area contributed by atoms with Crippen LogP contribution in [0.3, 0.4) is 0 Å². The normalized spacial score (nSPS) is 15.0. The Bertz CT molecular complexity index is 1170. The van der Waals surface area contributed by atoms with Crippen molar-refractivity contribution in [3.63, 3.8) is 0 Å². The molecule has 8 nitrogen and oxygen atoms in total. The van der Waals surface area contributed by atoms with Crippen LogP contribution in [0, 0.1) is 6.92 Å². The molecule has 0 N–H and O–H groups in total. The topological polar surface area (TPSA) is 103 Å². The zero-order valence-corrected chi connectivity index (χ0v) is 18.0. The number of rotatable bonds is 6. The molecule has 0 radical (unpaired) electrons. The highest BCUT2D eigenvalue weighted by molar-refractivity contribution is 7.89. The molecule has 0 spiro atoms. The number of carbonyl (C=O) groups excluding carboxylic acids is 1. The molecule has 162 valence electrons. The summed E-state index contributed by atoms with van der Waals surface area (Å²) >= 11 is 0. The van der Waals surface area contributed by atoms with Gasteiger partial charge in [0.2, 0.25) is 15.9 Å². The number of hydrogen-bond acceptors (Lipinski definition) is 7. The lowest BCUT2D eigenvalue weighted by atomic mass is 10.1. The van der Waals surface area contributed by atoms with Crippen LogP contribution in [0.5, 0.6) is 0 Å². The monoisotopic (exact) mass is 441 g/mol. The molecule has 3 aromatic rings. The van der Waals surface area contributed by atoms with E-state index in [0.29, 0.717) is 24.5 Å². The number of aryl methyl sites for hydroxylation is 1. The smallest absolute Gasteiger partial charge is 0.338 e. The van der Waals surface area contributed by atoms with E-state index < -0.39 is 16.0 Å². The van der Waals surface area contributed by atoms with Gasteiger partial charge in [-0.3, -0.25) is 0 Å². The molecule has 1 aliphatic rings. The summed E-state index contributed by atoms with van der Waals surface area (Å²) in [5.41, 5.74) is 1.51. The van der Waals surface area contributed by atoms with Crippen LogP contribution in [0.25, 0.3) is 11.5 Å². The SMILES string of the molecule is Cc1ccc(C(=O)OCc2nnc(-c3ccccc3)o2)cc1S(=O)(=O)N1CCCCC1. The summed E-state index contributed by atoms with van der Waals surface area (Å²) in [4.78, 5) is 12.7. The van der Waals surface area contributed by atoms with Crippen molar-refractivity contribution in [1.29, 1.82) is 0 Å². The first kappa shape index (κ1) is 21.2. The van der Waals surface area contributed by atoms with Gasteiger partial charge in [0.05, 0.1) is 10.5 Å². The Balaban J connectivity index is 1.47. The van der Waals surface area contributed by atoms with Crippen molar-refractivity contribution < 1.29 is 22.4 Å². The van der Waals surface area contributed by atoms with Crippen molar-refractivity contribution in [2.45, 2.75) is 37.7 Å². The Morgan fingerprint density at radius 1 is 1.06 bits per heavy atom. The number of ether oxygens (including phenoxy) is 1. The first-order valence-electron chi connectivity index (χ1n) is 10.1. The lowest BCUT2D eigenvalue weighted by molar-refractivity contribution is 0.0438. The zero-order chi connectivity index (χ0) is 21.8. The molecule has 4 rings (SSSR count). The third-order valence-electron chi connectivity index (χ3n) is 5.17. The van der Waals surface area contributed by atoms with Crippen LogP contribution in [-0.4, -0.2) is 42.0 Å². The number of carbonyl (C=O) groups is 1. The highest BCUT2D eigenvalue weighted by Gasteiger charge is 2.28. The lowest BCUT2D eigenvalue weighted by Crippen LogP contribution is -2.36. The average Bonchev–Trinajstić information content (AvgIpc) is 3.28. The number of sulfonamides is 1. The summed E-state index contributed by atoms with van der Waals surface area (Å²) in [5.74, 6) is -0.174. The lowest BCUT2D eigenvalue weighted by Gasteiger charge is -2.26. The van der Waals surface area contributed by atoms with Crippen molar-refractivity contribution in [3.8, 4) is 11.5 Å². The second-order valence-electron chi connectivity index (χ2n) is 7.39. The number of piperidine rings is 1. The van der Waals surface area contributed by atoms with Gasteiger partial charge in [0.15, 0.2) is 6.61 Å². The summed E-state index contributed by atoms with van der Waals surface area (Å²) in [5, 5.41) is 7.85. The van der Waals surface area contributed by atoms with Gasteiger partial charge in [-0.2, -0.15) is 4.31 Å². The largest absolute Gasteiger partial charge is 0.452 e.